The summed E-state index contributed by atoms with van der Waals surface area (Å²) in [7, 11) is 1.90. The maximum Gasteiger partial charge on any atom is 0.241 e. The minimum Gasteiger partial charge on any atom is -0.376 e. The highest BCUT2D eigenvalue weighted by Gasteiger charge is 2.21. The van der Waals surface area contributed by atoms with Crippen LogP contribution in [0.5, 0.6) is 0 Å². The van der Waals surface area contributed by atoms with Gasteiger partial charge in [0.05, 0.1) is 6.54 Å². The minimum absolute atomic E-state index is 0.0926. The second-order valence-electron chi connectivity index (χ2n) is 5.91. The summed E-state index contributed by atoms with van der Waals surface area (Å²) < 4.78 is 0. The van der Waals surface area contributed by atoms with E-state index in [1.165, 1.54) is 26.2 Å². The largest absolute Gasteiger partial charge is 0.376 e. The van der Waals surface area contributed by atoms with Gasteiger partial charge in [-0.2, -0.15) is 0 Å². The zero-order valence-corrected chi connectivity index (χ0v) is 13.4. The summed E-state index contributed by atoms with van der Waals surface area (Å²) in [6, 6.07) is 7.75. The van der Waals surface area contributed by atoms with Gasteiger partial charge in [0.15, 0.2) is 0 Å². The molecule has 120 valence electrons. The van der Waals surface area contributed by atoms with E-state index in [1.54, 1.807) is 0 Å². The topological polar surface area (TPSA) is 61.4 Å². The molecule has 0 spiro atoms. The first-order valence-corrected chi connectivity index (χ1v) is 7.93. The lowest BCUT2D eigenvalue weighted by Gasteiger charge is -2.31. The number of likely N-dealkylation sites (N-methyl/N-ethyl adjacent to an activating group) is 1. The van der Waals surface area contributed by atoms with Crippen molar-refractivity contribution in [3.8, 4) is 0 Å². The lowest BCUT2D eigenvalue weighted by atomic mass is 9.94. The first-order valence-electron chi connectivity index (χ1n) is 7.93. The molecule has 0 unspecified atom stereocenters. The third-order valence-corrected chi connectivity index (χ3v) is 4.16. The number of rotatable bonds is 5. The molecule has 5 heteroatoms. The molecular weight excluding hydrogens is 278 g/mol. The molecule has 0 saturated heterocycles. The van der Waals surface area contributed by atoms with Gasteiger partial charge in [-0.15, -0.1) is 0 Å². The highest BCUT2D eigenvalue weighted by molar-refractivity contribution is 5.88. The average molecular weight is 303 g/mol. The van der Waals surface area contributed by atoms with Gasteiger partial charge in [0.2, 0.25) is 11.8 Å². The van der Waals surface area contributed by atoms with E-state index in [0.717, 1.165) is 24.2 Å². The lowest BCUT2D eigenvalue weighted by molar-refractivity contribution is -0.130. The Balaban J connectivity index is 1.81. The van der Waals surface area contributed by atoms with Gasteiger partial charge in [0, 0.05) is 31.4 Å². The van der Waals surface area contributed by atoms with Crippen molar-refractivity contribution in [2.24, 2.45) is 0 Å². The van der Waals surface area contributed by atoms with Crippen LogP contribution in [0.15, 0.2) is 24.3 Å². The number of carbonyl (C=O) groups is 2. The quantitative estimate of drug-likeness (QED) is 0.879. The van der Waals surface area contributed by atoms with Gasteiger partial charge in [-0.25, -0.2) is 0 Å². The Morgan fingerprint density at radius 3 is 2.27 bits per heavy atom. The van der Waals surface area contributed by atoms with E-state index in [0.29, 0.717) is 12.6 Å². The van der Waals surface area contributed by atoms with Crippen LogP contribution in [0.25, 0.3) is 0 Å². The number of hydrogen-bond acceptors (Lipinski definition) is 3. The minimum atomic E-state index is -0.0926. The maximum absolute atomic E-state index is 12.2. The summed E-state index contributed by atoms with van der Waals surface area (Å²) in [5, 5.41) is 5.86. The van der Waals surface area contributed by atoms with Crippen molar-refractivity contribution in [1.82, 2.24) is 4.90 Å². The van der Waals surface area contributed by atoms with Gasteiger partial charge >= 0.3 is 0 Å². The third kappa shape index (κ3) is 4.76. The van der Waals surface area contributed by atoms with Gasteiger partial charge in [0.25, 0.3) is 0 Å². The Hall–Kier alpha value is -2.04. The second kappa shape index (κ2) is 7.82. The fraction of sp³-hybridized carbons (Fsp3) is 0.529. The number of benzene rings is 1. The lowest BCUT2D eigenvalue weighted by Crippen LogP contribution is -2.41. The molecule has 0 heterocycles. The Morgan fingerprint density at radius 2 is 1.68 bits per heavy atom. The highest BCUT2D eigenvalue weighted by Crippen LogP contribution is 2.21. The number of amides is 2. The fourth-order valence-electron chi connectivity index (χ4n) is 2.85. The Kier molecular flexibility index (Phi) is 5.81. The van der Waals surface area contributed by atoms with Gasteiger partial charge in [-0.3, -0.25) is 9.59 Å². The van der Waals surface area contributed by atoms with Crippen LogP contribution in [-0.2, 0) is 9.59 Å². The fourth-order valence-corrected chi connectivity index (χ4v) is 2.85. The van der Waals surface area contributed by atoms with Gasteiger partial charge in [-0.05, 0) is 37.1 Å². The SMILES string of the molecule is CC(=O)Nc1ccc(NCC(=O)N(C)C2CCCCC2)cc1. The maximum atomic E-state index is 12.2. The number of anilines is 2. The summed E-state index contributed by atoms with van der Waals surface area (Å²) in [6.45, 7) is 1.78. The Bertz CT molecular complexity index is 507. The number of nitrogens with zero attached hydrogens (tertiary/aromatic N) is 1. The predicted molar refractivity (Wildman–Crippen MR) is 88.9 cm³/mol. The third-order valence-electron chi connectivity index (χ3n) is 4.16. The van der Waals surface area contributed by atoms with Crippen LogP contribution < -0.4 is 10.6 Å². The van der Waals surface area contributed by atoms with Crippen LogP contribution in [0.2, 0.25) is 0 Å². The van der Waals surface area contributed by atoms with Crippen LogP contribution >= 0.6 is 0 Å². The van der Waals surface area contributed by atoms with Crippen molar-refractivity contribution in [2.45, 2.75) is 45.1 Å². The van der Waals surface area contributed by atoms with Crippen molar-refractivity contribution >= 4 is 23.2 Å². The number of hydrogen-bond donors (Lipinski definition) is 2. The number of nitrogens with one attached hydrogen (secondary N) is 2. The Morgan fingerprint density at radius 1 is 1.09 bits per heavy atom. The van der Waals surface area contributed by atoms with Crippen LogP contribution in [0.1, 0.15) is 39.0 Å². The molecule has 1 aromatic rings. The molecule has 0 bridgehead atoms. The summed E-state index contributed by atoms with van der Waals surface area (Å²) >= 11 is 0. The first-order chi connectivity index (χ1) is 10.6. The van der Waals surface area contributed by atoms with Crippen molar-refractivity contribution in [1.29, 1.82) is 0 Å². The molecular formula is C17H25N3O2. The van der Waals surface area contributed by atoms with E-state index in [-0.39, 0.29) is 11.8 Å². The molecule has 1 aliphatic carbocycles. The monoisotopic (exact) mass is 303 g/mol. The molecule has 22 heavy (non-hydrogen) atoms. The standard InChI is InChI=1S/C17H25N3O2/c1-13(21)19-15-10-8-14(9-11-15)18-12-17(22)20(2)16-6-4-3-5-7-16/h8-11,16,18H,3-7,12H2,1-2H3,(H,19,21). The average Bonchev–Trinajstić information content (AvgIpc) is 2.53. The number of carbonyl (C=O) groups excluding carboxylic acids is 2. The van der Waals surface area contributed by atoms with Gasteiger partial charge < -0.3 is 15.5 Å². The molecule has 0 aromatic heterocycles. The molecule has 5 nitrogen and oxygen atoms in total. The summed E-state index contributed by atoms with van der Waals surface area (Å²) in [4.78, 5) is 25.1. The summed E-state index contributed by atoms with van der Waals surface area (Å²) in [5.74, 6) is 0.0304. The van der Waals surface area contributed by atoms with Gasteiger partial charge in [0.1, 0.15) is 0 Å². The van der Waals surface area contributed by atoms with Crippen LogP contribution in [0.3, 0.4) is 0 Å². The predicted octanol–water partition coefficient (Wildman–Crippen LogP) is 2.85. The molecule has 1 saturated carbocycles. The molecule has 0 atom stereocenters. The molecule has 2 rings (SSSR count). The van der Waals surface area contributed by atoms with Crippen LogP contribution in [-0.4, -0.2) is 36.3 Å². The van der Waals surface area contributed by atoms with Crippen LogP contribution in [0.4, 0.5) is 11.4 Å². The van der Waals surface area contributed by atoms with Crippen molar-refractivity contribution in [3.63, 3.8) is 0 Å². The van der Waals surface area contributed by atoms with Crippen molar-refractivity contribution < 1.29 is 9.59 Å². The highest BCUT2D eigenvalue weighted by atomic mass is 16.2. The molecule has 1 aromatic carbocycles. The van der Waals surface area contributed by atoms with E-state index >= 15 is 0 Å². The normalized spacial score (nSPS) is 15.2. The summed E-state index contributed by atoms with van der Waals surface area (Å²) in [5.41, 5.74) is 1.63. The van der Waals surface area contributed by atoms with Crippen molar-refractivity contribution in [2.75, 3.05) is 24.2 Å². The smallest absolute Gasteiger partial charge is 0.241 e. The first kappa shape index (κ1) is 16.3. The molecule has 0 radical (unpaired) electrons. The molecule has 2 amide bonds. The second-order valence-corrected chi connectivity index (χ2v) is 5.91. The van der Waals surface area contributed by atoms with Crippen molar-refractivity contribution in [3.05, 3.63) is 24.3 Å². The Labute approximate surface area is 132 Å². The molecule has 1 fully saturated rings. The summed E-state index contributed by atoms with van der Waals surface area (Å²) in [6.07, 6.45) is 5.97. The molecule has 2 N–H and O–H groups in total. The zero-order valence-electron chi connectivity index (χ0n) is 13.4. The van der Waals surface area contributed by atoms with E-state index in [2.05, 4.69) is 10.6 Å². The van der Waals surface area contributed by atoms with E-state index in [4.69, 9.17) is 0 Å². The van der Waals surface area contributed by atoms with Crippen LogP contribution in [0, 0.1) is 0 Å². The molecule has 1 aliphatic rings. The van der Waals surface area contributed by atoms with E-state index in [9.17, 15) is 9.59 Å². The van der Waals surface area contributed by atoms with Gasteiger partial charge in [-0.1, -0.05) is 19.3 Å². The zero-order chi connectivity index (χ0) is 15.9. The molecule has 0 aliphatic heterocycles. The van der Waals surface area contributed by atoms with E-state index < -0.39 is 0 Å². The van der Waals surface area contributed by atoms with E-state index in [1.807, 2.05) is 36.2 Å².